The lowest BCUT2D eigenvalue weighted by Crippen LogP contribution is -2.21. The first-order valence-electron chi connectivity index (χ1n) is 7.02. The second kappa shape index (κ2) is 5.85. The molecule has 0 aliphatic carbocycles. The van der Waals surface area contributed by atoms with Gasteiger partial charge in [0.05, 0.1) is 19.2 Å². The molecule has 112 valence electrons. The van der Waals surface area contributed by atoms with E-state index in [-0.39, 0.29) is 5.56 Å². The van der Waals surface area contributed by atoms with Crippen molar-refractivity contribution >= 4 is 22.5 Å². The predicted molar refractivity (Wildman–Crippen MR) is 90.1 cm³/mol. The third-order valence-corrected chi connectivity index (χ3v) is 4.17. The van der Waals surface area contributed by atoms with Crippen LogP contribution in [0.1, 0.15) is 11.1 Å². The Morgan fingerprint density at radius 2 is 1.91 bits per heavy atom. The van der Waals surface area contributed by atoms with E-state index in [0.29, 0.717) is 17.3 Å². The third kappa shape index (κ3) is 2.48. The molecule has 3 aromatic rings. The van der Waals surface area contributed by atoms with Crippen LogP contribution in [0.2, 0.25) is 5.02 Å². The van der Waals surface area contributed by atoms with Gasteiger partial charge in [0.15, 0.2) is 0 Å². The van der Waals surface area contributed by atoms with Gasteiger partial charge in [0.2, 0.25) is 0 Å². The molecule has 0 atom stereocenters. The summed E-state index contributed by atoms with van der Waals surface area (Å²) >= 11 is 6.24. The maximum Gasteiger partial charge on any atom is 0.251 e. The number of fused-ring (bicyclic) bond motifs is 1. The molecule has 3 nitrogen and oxygen atoms in total. The van der Waals surface area contributed by atoms with E-state index in [9.17, 15) is 4.79 Å². The zero-order chi connectivity index (χ0) is 15.7. The fraction of sp³-hybridized carbons (Fsp3) is 0.167. The summed E-state index contributed by atoms with van der Waals surface area (Å²) in [6.07, 6.45) is 0. The molecule has 0 saturated heterocycles. The van der Waals surface area contributed by atoms with Crippen LogP contribution in [-0.2, 0) is 6.54 Å². The molecule has 0 amide bonds. The van der Waals surface area contributed by atoms with Gasteiger partial charge >= 0.3 is 0 Å². The Morgan fingerprint density at radius 1 is 1.14 bits per heavy atom. The van der Waals surface area contributed by atoms with E-state index in [1.165, 1.54) is 0 Å². The Bertz CT molecular complexity index is 899. The largest absolute Gasteiger partial charge is 0.495 e. The van der Waals surface area contributed by atoms with E-state index >= 15 is 0 Å². The monoisotopic (exact) mass is 313 g/mol. The number of ether oxygens (including phenoxy) is 1. The van der Waals surface area contributed by atoms with E-state index in [1.807, 2.05) is 49.4 Å². The van der Waals surface area contributed by atoms with Crippen molar-refractivity contribution in [3.05, 3.63) is 75.0 Å². The van der Waals surface area contributed by atoms with Gasteiger partial charge < -0.3 is 9.30 Å². The maximum atomic E-state index is 12.5. The number of nitrogens with zero attached hydrogens (tertiary/aromatic N) is 1. The van der Waals surface area contributed by atoms with Gasteiger partial charge in [0, 0.05) is 16.5 Å². The van der Waals surface area contributed by atoms with Crippen LogP contribution in [0.4, 0.5) is 0 Å². The van der Waals surface area contributed by atoms with Crippen molar-refractivity contribution in [3.8, 4) is 5.75 Å². The van der Waals surface area contributed by atoms with E-state index in [0.717, 1.165) is 22.0 Å². The second-order valence-electron chi connectivity index (χ2n) is 5.20. The average molecular weight is 314 g/mol. The Balaban J connectivity index is 2.29. The van der Waals surface area contributed by atoms with Crippen LogP contribution in [0.3, 0.4) is 0 Å². The van der Waals surface area contributed by atoms with Gasteiger partial charge in [-0.2, -0.15) is 0 Å². The molecule has 3 rings (SSSR count). The van der Waals surface area contributed by atoms with E-state index < -0.39 is 0 Å². The number of aromatic nitrogens is 1. The SMILES string of the molecule is COc1cccc2c(C)cc(=O)n(Cc3ccccc3Cl)c12. The third-order valence-electron chi connectivity index (χ3n) is 3.81. The first-order valence-corrected chi connectivity index (χ1v) is 7.40. The Morgan fingerprint density at radius 3 is 2.64 bits per heavy atom. The number of hydrogen-bond donors (Lipinski definition) is 0. The van der Waals surface area contributed by atoms with Crippen molar-refractivity contribution in [2.75, 3.05) is 7.11 Å². The molecule has 1 heterocycles. The highest BCUT2D eigenvalue weighted by Crippen LogP contribution is 2.27. The number of para-hydroxylation sites is 1. The molecule has 1 aromatic heterocycles. The first-order chi connectivity index (χ1) is 10.6. The van der Waals surface area contributed by atoms with Gasteiger partial charge in [-0.15, -0.1) is 0 Å². The van der Waals surface area contributed by atoms with Crippen LogP contribution in [0.15, 0.2) is 53.3 Å². The standard InChI is InChI=1S/C18H16ClNO2/c1-12-10-17(21)20(11-13-6-3-4-8-15(13)19)18-14(12)7-5-9-16(18)22-2/h3-10H,11H2,1-2H3. The van der Waals surface area contributed by atoms with Gasteiger partial charge in [0.1, 0.15) is 5.75 Å². The minimum Gasteiger partial charge on any atom is -0.495 e. The van der Waals surface area contributed by atoms with Crippen LogP contribution < -0.4 is 10.3 Å². The Labute approximate surface area is 133 Å². The van der Waals surface area contributed by atoms with Gasteiger partial charge in [-0.25, -0.2) is 0 Å². The fourth-order valence-electron chi connectivity index (χ4n) is 2.69. The highest BCUT2D eigenvalue weighted by molar-refractivity contribution is 6.31. The Kier molecular flexibility index (Phi) is 3.90. The van der Waals surface area contributed by atoms with Gasteiger partial charge in [-0.3, -0.25) is 4.79 Å². The normalized spacial score (nSPS) is 10.9. The topological polar surface area (TPSA) is 31.2 Å². The number of methoxy groups -OCH3 is 1. The smallest absolute Gasteiger partial charge is 0.251 e. The molecule has 22 heavy (non-hydrogen) atoms. The summed E-state index contributed by atoms with van der Waals surface area (Å²) in [5.41, 5.74) is 2.58. The van der Waals surface area contributed by atoms with Gasteiger partial charge in [-0.05, 0) is 30.2 Å². The molecular formula is C18H16ClNO2. The van der Waals surface area contributed by atoms with E-state index in [4.69, 9.17) is 16.3 Å². The molecule has 0 radical (unpaired) electrons. The van der Waals surface area contributed by atoms with Crippen molar-refractivity contribution in [2.45, 2.75) is 13.5 Å². The molecule has 0 aliphatic rings. The summed E-state index contributed by atoms with van der Waals surface area (Å²) in [7, 11) is 1.61. The quantitative estimate of drug-likeness (QED) is 0.731. The van der Waals surface area contributed by atoms with Crippen molar-refractivity contribution in [3.63, 3.8) is 0 Å². The van der Waals surface area contributed by atoms with E-state index in [2.05, 4.69) is 0 Å². The number of pyridine rings is 1. The van der Waals surface area contributed by atoms with Crippen LogP contribution in [0, 0.1) is 6.92 Å². The fourth-order valence-corrected chi connectivity index (χ4v) is 2.88. The minimum atomic E-state index is -0.0607. The first kappa shape index (κ1) is 14.7. The summed E-state index contributed by atoms with van der Waals surface area (Å²) in [5, 5.41) is 1.66. The molecule has 0 spiro atoms. The van der Waals surface area contributed by atoms with Crippen molar-refractivity contribution in [1.82, 2.24) is 4.57 Å². The lowest BCUT2D eigenvalue weighted by molar-refractivity contribution is 0.417. The van der Waals surface area contributed by atoms with Crippen LogP contribution in [-0.4, -0.2) is 11.7 Å². The Hall–Kier alpha value is -2.26. The summed E-state index contributed by atoms with van der Waals surface area (Å²) in [4.78, 5) is 12.5. The number of benzene rings is 2. The second-order valence-corrected chi connectivity index (χ2v) is 5.61. The summed E-state index contributed by atoms with van der Waals surface area (Å²) < 4.78 is 7.16. The van der Waals surface area contributed by atoms with Crippen molar-refractivity contribution in [2.24, 2.45) is 0 Å². The molecule has 4 heteroatoms. The maximum absolute atomic E-state index is 12.5. The zero-order valence-electron chi connectivity index (χ0n) is 12.5. The molecule has 2 aromatic carbocycles. The van der Waals surface area contributed by atoms with Crippen molar-refractivity contribution < 1.29 is 4.74 Å². The summed E-state index contributed by atoms with van der Waals surface area (Å²) in [6, 6.07) is 15.0. The zero-order valence-corrected chi connectivity index (χ0v) is 13.2. The summed E-state index contributed by atoms with van der Waals surface area (Å²) in [5.74, 6) is 0.686. The highest BCUT2D eigenvalue weighted by Gasteiger charge is 2.12. The molecule has 0 N–H and O–H groups in total. The molecule has 0 aliphatic heterocycles. The van der Waals surface area contributed by atoms with Gasteiger partial charge in [-0.1, -0.05) is 41.9 Å². The van der Waals surface area contributed by atoms with Crippen LogP contribution >= 0.6 is 11.6 Å². The minimum absolute atomic E-state index is 0.0607. The number of rotatable bonds is 3. The number of hydrogen-bond acceptors (Lipinski definition) is 2. The van der Waals surface area contributed by atoms with Gasteiger partial charge in [0.25, 0.3) is 5.56 Å². The molecule has 0 bridgehead atoms. The van der Waals surface area contributed by atoms with E-state index in [1.54, 1.807) is 17.7 Å². The lowest BCUT2D eigenvalue weighted by Gasteiger charge is -2.15. The highest BCUT2D eigenvalue weighted by atomic mass is 35.5. The molecular weight excluding hydrogens is 298 g/mol. The lowest BCUT2D eigenvalue weighted by atomic mass is 10.1. The molecule has 0 saturated carbocycles. The van der Waals surface area contributed by atoms with Crippen LogP contribution in [0.25, 0.3) is 10.9 Å². The number of aryl methyl sites for hydroxylation is 1. The predicted octanol–water partition coefficient (Wildman–Crippen LogP) is 4.02. The van der Waals surface area contributed by atoms with Crippen molar-refractivity contribution in [1.29, 1.82) is 0 Å². The number of halogens is 1. The average Bonchev–Trinajstić information content (AvgIpc) is 2.52. The molecule has 0 unspecified atom stereocenters. The summed E-state index contributed by atoms with van der Waals surface area (Å²) in [6.45, 7) is 2.35. The molecule has 0 fully saturated rings. The van der Waals surface area contributed by atoms with Crippen LogP contribution in [0.5, 0.6) is 5.75 Å².